The second-order valence-corrected chi connectivity index (χ2v) is 8.97. The van der Waals surface area contributed by atoms with Gasteiger partial charge in [-0.25, -0.2) is 0 Å². The number of carbonyl (C=O) groups is 3. The summed E-state index contributed by atoms with van der Waals surface area (Å²) >= 11 is 0. The second-order valence-electron chi connectivity index (χ2n) is 8.97. The Labute approximate surface area is 183 Å². The van der Waals surface area contributed by atoms with E-state index in [1.54, 1.807) is 14.1 Å². The van der Waals surface area contributed by atoms with Crippen molar-refractivity contribution in [2.75, 3.05) is 14.1 Å². The van der Waals surface area contributed by atoms with Crippen LogP contribution in [0.5, 0.6) is 5.75 Å². The highest BCUT2D eigenvalue weighted by molar-refractivity contribution is 6.19. The van der Waals surface area contributed by atoms with Crippen LogP contribution >= 0.6 is 0 Å². The highest BCUT2D eigenvalue weighted by Gasteiger charge is 2.69. The van der Waals surface area contributed by atoms with Gasteiger partial charge < -0.3 is 30.4 Å². The van der Waals surface area contributed by atoms with E-state index in [0.717, 1.165) is 6.92 Å². The number of phenols is 1. The average Bonchev–Trinajstić information content (AvgIpc) is 2.70. The van der Waals surface area contributed by atoms with Crippen molar-refractivity contribution in [3.8, 4) is 5.75 Å². The fraction of sp³-hybridized carbons (Fsp3) is 0.435. The van der Waals surface area contributed by atoms with E-state index in [1.165, 1.54) is 23.1 Å². The number of carbonyl (C=O) groups excluding carboxylic acids is 3. The Bertz CT molecular complexity index is 1110. The quantitative estimate of drug-likeness (QED) is 0.392. The summed E-state index contributed by atoms with van der Waals surface area (Å²) in [6.07, 6.45) is -3.18. The molecule has 5 N–H and O–H groups in total. The lowest BCUT2D eigenvalue weighted by Crippen LogP contribution is -2.73. The Morgan fingerprint density at radius 3 is 2.31 bits per heavy atom. The third-order valence-electron chi connectivity index (χ3n) is 7.11. The van der Waals surface area contributed by atoms with E-state index in [9.17, 15) is 39.9 Å². The Balaban J connectivity index is 2.04. The first kappa shape index (κ1) is 22.3. The largest absolute Gasteiger partial charge is 0.508 e. The molecule has 1 aromatic rings. The zero-order valence-corrected chi connectivity index (χ0v) is 17.8. The number of likely N-dealkylation sites (N-methyl/N-ethyl adjacent to an activating group) is 1. The van der Waals surface area contributed by atoms with Crippen molar-refractivity contribution in [3.63, 3.8) is 0 Å². The molecule has 1 saturated carbocycles. The number of hydrogen-bond acceptors (Lipinski definition) is 9. The third kappa shape index (κ3) is 2.56. The highest BCUT2D eigenvalue weighted by Crippen LogP contribution is 2.55. The summed E-state index contributed by atoms with van der Waals surface area (Å²) in [4.78, 5) is 40.3. The van der Waals surface area contributed by atoms with Crippen molar-refractivity contribution in [2.45, 2.75) is 30.8 Å². The van der Waals surface area contributed by atoms with Gasteiger partial charge >= 0.3 is 0 Å². The van der Waals surface area contributed by atoms with Crippen LogP contribution in [0.4, 0.5) is 0 Å². The molecule has 170 valence electrons. The number of aromatic hydroxyl groups is 1. The average molecular weight is 443 g/mol. The van der Waals surface area contributed by atoms with Crippen molar-refractivity contribution in [1.29, 1.82) is 0 Å². The minimum Gasteiger partial charge on any atom is -0.508 e. The van der Waals surface area contributed by atoms with Crippen molar-refractivity contribution in [3.05, 3.63) is 47.2 Å². The van der Waals surface area contributed by atoms with Gasteiger partial charge in [-0.15, -0.1) is 0 Å². The van der Waals surface area contributed by atoms with Gasteiger partial charge in [0.05, 0.1) is 23.3 Å². The number of aliphatic hydroxyl groups is 4. The Morgan fingerprint density at radius 1 is 1.12 bits per heavy atom. The molecule has 1 aromatic carbocycles. The maximum absolute atomic E-state index is 13.3. The lowest BCUT2D eigenvalue weighted by atomic mass is 9.54. The monoisotopic (exact) mass is 443 g/mol. The van der Waals surface area contributed by atoms with Crippen molar-refractivity contribution in [1.82, 2.24) is 4.90 Å². The van der Waals surface area contributed by atoms with Crippen LogP contribution in [0, 0.1) is 17.8 Å². The van der Waals surface area contributed by atoms with Gasteiger partial charge in [-0.05, 0) is 38.2 Å². The van der Waals surface area contributed by atoms with Crippen molar-refractivity contribution >= 4 is 22.9 Å². The predicted octanol–water partition coefficient (Wildman–Crippen LogP) is -0.169. The summed E-state index contributed by atoms with van der Waals surface area (Å²) in [5.41, 5.74) is -2.94. The summed E-state index contributed by atoms with van der Waals surface area (Å²) in [5, 5.41) is 55.3. The van der Waals surface area contributed by atoms with Gasteiger partial charge in [0.15, 0.2) is 17.2 Å². The van der Waals surface area contributed by atoms with Crippen LogP contribution in [0.3, 0.4) is 0 Å². The molecule has 0 aliphatic heterocycles. The minimum absolute atomic E-state index is 0.167. The van der Waals surface area contributed by atoms with Crippen LogP contribution in [0.2, 0.25) is 0 Å². The number of rotatable bonds is 2. The molecule has 3 aliphatic rings. The van der Waals surface area contributed by atoms with E-state index in [0.29, 0.717) is 0 Å². The number of nitrogens with zero attached hydrogens (tertiary/aromatic N) is 1. The summed E-state index contributed by atoms with van der Waals surface area (Å²) in [6.45, 7) is 5.03. The Kier molecular flexibility index (Phi) is 4.94. The number of fused-ring (bicyclic) bond motifs is 3. The molecular weight excluding hydrogens is 418 g/mol. The standard InChI is InChI=1S/C23H25NO8/c1-8-10-6-5-7-11(26)14(10)18(27)15-12(8)19(28)16-17(24(3)4)20(29)13(9(2)25)21(30)23(16,32)22(15)31/h5-7,12-13,16-17,19-20,26,28-29,31-32H,1H2,2-4H3. The van der Waals surface area contributed by atoms with Crippen LogP contribution in [0.1, 0.15) is 22.8 Å². The van der Waals surface area contributed by atoms with Gasteiger partial charge in [-0.3, -0.25) is 14.4 Å². The first-order chi connectivity index (χ1) is 14.9. The number of benzene rings is 1. The summed E-state index contributed by atoms with van der Waals surface area (Å²) < 4.78 is 0. The molecule has 0 amide bonds. The number of Topliss-reactive ketones (excluding diaryl/α,β-unsaturated/α-hetero) is 3. The Morgan fingerprint density at radius 2 is 1.75 bits per heavy atom. The number of hydrogen-bond donors (Lipinski definition) is 5. The molecule has 32 heavy (non-hydrogen) atoms. The Hall–Kier alpha value is -2.85. The van der Waals surface area contributed by atoms with Crippen molar-refractivity contribution in [2.24, 2.45) is 17.8 Å². The van der Waals surface area contributed by atoms with Gasteiger partial charge in [-0.2, -0.15) is 0 Å². The minimum atomic E-state index is -2.80. The first-order valence-corrected chi connectivity index (χ1v) is 10.2. The molecule has 9 heteroatoms. The van der Waals surface area contributed by atoms with Crippen LogP contribution in [-0.4, -0.2) is 85.7 Å². The lowest BCUT2D eigenvalue weighted by Gasteiger charge is -2.55. The van der Waals surface area contributed by atoms with Gasteiger partial charge in [0.2, 0.25) is 0 Å². The van der Waals surface area contributed by atoms with E-state index in [2.05, 4.69) is 6.58 Å². The van der Waals surface area contributed by atoms with Gasteiger partial charge in [0.1, 0.15) is 23.2 Å². The highest BCUT2D eigenvalue weighted by atomic mass is 16.4. The van der Waals surface area contributed by atoms with E-state index in [4.69, 9.17) is 0 Å². The molecular formula is C23H25NO8. The molecule has 0 aromatic heterocycles. The fourth-order valence-electron chi connectivity index (χ4n) is 5.70. The molecule has 7 unspecified atom stereocenters. The van der Waals surface area contributed by atoms with E-state index >= 15 is 0 Å². The van der Waals surface area contributed by atoms with Crippen LogP contribution in [0.25, 0.3) is 5.57 Å². The SMILES string of the molecule is C=C1c2cccc(O)c2C(=O)C2=C(O)C3(O)C(=O)C(C(C)=O)C(O)C(N(C)C)C3C(O)C12. The molecule has 0 spiro atoms. The maximum atomic E-state index is 13.3. The van der Waals surface area contributed by atoms with Crippen LogP contribution in [0.15, 0.2) is 36.1 Å². The fourth-order valence-corrected chi connectivity index (χ4v) is 5.70. The second kappa shape index (κ2) is 7.08. The predicted molar refractivity (Wildman–Crippen MR) is 112 cm³/mol. The molecule has 7 atom stereocenters. The van der Waals surface area contributed by atoms with Crippen LogP contribution < -0.4 is 0 Å². The molecule has 0 heterocycles. The number of ketones is 3. The smallest absolute Gasteiger partial charge is 0.197 e. The first-order valence-electron chi connectivity index (χ1n) is 10.2. The normalized spacial score (nSPS) is 36.7. The van der Waals surface area contributed by atoms with E-state index in [1.807, 2.05) is 0 Å². The molecule has 1 fully saturated rings. The van der Waals surface area contributed by atoms with E-state index < -0.39 is 70.3 Å². The summed E-state index contributed by atoms with van der Waals surface area (Å²) in [5.74, 6) is -8.48. The lowest BCUT2D eigenvalue weighted by molar-refractivity contribution is -0.191. The zero-order chi connectivity index (χ0) is 23.9. The van der Waals surface area contributed by atoms with E-state index in [-0.39, 0.29) is 22.4 Å². The molecule has 0 bridgehead atoms. The third-order valence-corrected chi connectivity index (χ3v) is 7.11. The molecule has 9 nitrogen and oxygen atoms in total. The summed E-state index contributed by atoms with van der Waals surface area (Å²) in [6, 6.07) is 3.20. The van der Waals surface area contributed by atoms with Gasteiger partial charge in [-0.1, -0.05) is 18.7 Å². The molecule has 4 rings (SSSR count). The van der Waals surface area contributed by atoms with Gasteiger partial charge in [0.25, 0.3) is 0 Å². The van der Waals surface area contributed by atoms with Crippen LogP contribution in [-0.2, 0) is 9.59 Å². The molecule has 3 aliphatic carbocycles. The zero-order valence-electron chi connectivity index (χ0n) is 17.8. The number of phenolic OH excluding ortho intramolecular Hbond substituents is 1. The topological polar surface area (TPSA) is 156 Å². The number of aliphatic hydroxyl groups excluding tert-OH is 3. The summed E-state index contributed by atoms with van der Waals surface area (Å²) in [7, 11) is 3.08. The molecule has 0 saturated heterocycles. The van der Waals surface area contributed by atoms with Crippen molar-refractivity contribution < 1.29 is 39.9 Å². The van der Waals surface area contributed by atoms with Gasteiger partial charge in [0, 0.05) is 17.9 Å². The maximum Gasteiger partial charge on any atom is 0.197 e. The molecule has 0 radical (unpaired) electrons.